The van der Waals surface area contributed by atoms with Crippen molar-refractivity contribution >= 4 is 11.6 Å². The van der Waals surface area contributed by atoms with Crippen molar-refractivity contribution in [3.63, 3.8) is 0 Å². The van der Waals surface area contributed by atoms with Gasteiger partial charge in [-0.1, -0.05) is 0 Å². The molecule has 0 spiro atoms. The molecule has 1 atom stereocenters. The van der Waals surface area contributed by atoms with Gasteiger partial charge in [0.05, 0.1) is 5.56 Å². The van der Waals surface area contributed by atoms with Crippen LogP contribution in [0.4, 0.5) is 11.6 Å². The number of nitriles is 1. The Labute approximate surface area is 130 Å². The number of hydrogen-bond donors (Lipinski definition) is 1. The fraction of sp³-hybridized carbons (Fsp3) is 0.353. The maximum Gasteiger partial charge on any atom is 0.128 e. The van der Waals surface area contributed by atoms with Crippen molar-refractivity contribution in [2.24, 2.45) is 5.92 Å². The summed E-state index contributed by atoms with van der Waals surface area (Å²) in [7, 11) is 0. The molecule has 3 heterocycles. The summed E-state index contributed by atoms with van der Waals surface area (Å²) in [6.45, 7) is 4.98. The van der Waals surface area contributed by atoms with E-state index >= 15 is 0 Å². The van der Waals surface area contributed by atoms with Crippen LogP contribution in [0.1, 0.15) is 17.5 Å². The van der Waals surface area contributed by atoms with Gasteiger partial charge in [-0.3, -0.25) is 0 Å². The number of rotatable bonds is 4. The number of anilines is 2. The summed E-state index contributed by atoms with van der Waals surface area (Å²) in [6.07, 6.45) is 4.61. The van der Waals surface area contributed by atoms with E-state index in [9.17, 15) is 0 Å². The molecule has 2 aromatic heterocycles. The standard InChI is InChI=1S/C17H19N5/c1-13-4-6-19-16(8-13)20-11-15-5-7-22(12-15)17-3-2-14(9-18)10-21-17/h2-4,6,8,10,15H,5,7,11-12H2,1H3,(H,19,20)/t15-/m1/s1. The smallest absolute Gasteiger partial charge is 0.128 e. The molecule has 22 heavy (non-hydrogen) atoms. The summed E-state index contributed by atoms with van der Waals surface area (Å²) in [6, 6.07) is 9.91. The third kappa shape index (κ3) is 3.34. The van der Waals surface area contributed by atoms with E-state index in [1.165, 1.54) is 5.56 Å². The number of aromatic nitrogens is 2. The normalized spacial score (nSPS) is 17.3. The third-order valence-corrected chi connectivity index (χ3v) is 3.97. The zero-order valence-electron chi connectivity index (χ0n) is 12.7. The molecule has 1 N–H and O–H groups in total. The summed E-state index contributed by atoms with van der Waals surface area (Å²) in [5.74, 6) is 2.48. The minimum atomic E-state index is 0.583. The highest BCUT2D eigenvalue weighted by molar-refractivity contribution is 5.43. The molecular formula is C17H19N5. The number of aryl methyl sites for hydroxylation is 1. The van der Waals surface area contributed by atoms with E-state index in [-0.39, 0.29) is 0 Å². The quantitative estimate of drug-likeness (QED) is 0.938. The minimum absolute atomic E-state index is 0.583. The Morgan fingerprint density at radius 3 is 3.00 bits per heavy atom. The monoisotopic (exact) mass is 293 g/mol. The van der Waals surface area contributed by atoms with Crippen LogP contribution in [0.25, 0.3) is 0 Å². The lowest BCUT2D eigenvalue weighted by atomic mass is 10.1. The van der Waals surface area contributed by atoms with Crippen LogP contribution >= 0.6 is 0 Å². The molecule has 0 saturated carbocycles. The Morgan fingerprint density at radius 2 is 2.27 bits per heavy atom. The van der Waals surface area contributed by atoms with E-state index in [4.69, 9.17) is 5.26 Å². The molecule has 5 nitrogen and oxygen atoms in total. The van der Waals surface area contributed by atoms with Gasteiger partial charge in [0.1, 0.15) is 17.7 Å². The Bertz CT molecular complexity index is 674. The maximum absolute atomic E-state index is 8.82. The lowest BCUT2D eigenvalue weighted by Crippen LogP contribution is -2.23. The van der Waals surface area contributed by atoms with Gasteiger partial charge in [0, 0.05) is 32.0 Å². The fourth-order valence-corrected chi connectivity index (χ4v) is 2.73. The van der Waals surface area contributed by atoms with Crippen molar-refractivity contribution in [1.29, 1.82) is 5.26 Å². The van der Waals surface area contributed by atoms with E-state index in [1.807, 2.05) is 24.4 Å². The first-order valence-electron chi connectivity index (χ1n) is 7.52. The minimum Gasteiger partial charge on any atom is -0.370 e. The summed E-state index contributed by atoms with van der Waals surface area (Å²) in [5, 5.41) is 12.2. The van der Waals surface area contributed by atoms with Crippen molar-refractivity contribution in [2.45, 2.75) is 13.3 Å². The molecule has 0 unspecified atom stereocenters. The SMILES string of the molecule is Cc1ccnc(NC[C@H]2CCN(c3ccc(C#N)cn3)C2)c1. The van der Waals surface area contributed by atoms with E-state index in [1.54, 1.807) is 6.20 Å². The summed E-state index contributed by atoms with van der Waals surface area (Å²) in [4.78, 5) is 11.0. The highest BCUT2D eigenvalue weighted by atomic mass is 15.2. The molecule has 0 radical (unpaired) electrons. The second kappa shape index (κ2) is 6.44. The maximum atomic E-state index is 8.82. The van der Waals surface area contributed by atoms with E-state index in [0.717, 1.165) is 37.7 Å². The largest absolute Gasteiger partial charge is 0.370 e. The van der Waals surface area contributed by atoms with Crippen LogP contribution in [-0.4, -0.2) is 29.6 Å². The predicted molar refractivity (Wildman–Crippen MR) is 86.7 cm³/mol. The van der Waals surface area contributed by atoms with Crippen molar-refractivity contribution < 1.29 is 0 Å². The van der Waals surface area contributed by atoms with Crippen LogP contribution in [-0.2, 0) is 0 Å². The fourth-order valence-electron chi connectivity index (χ4n) is 2.73. The van der Waals surface area contributed by atoms with Gasteiger partial charge in [-0.15, -0.1) is 0 Å². The second-order valence-corrected chi connectivity index (χ2v) is 5.72. The van der Waals surface area contributed by atoms with Crippen molar-refractivity contribution in [2.75, 3.05) is 29.9 Å². The third-order valence-electron chi connectivity index (χ3n) is 3.97. The molecule has 3 rings (SSSR count). The highest BCUT2D eigenvalue weighted by Crippen LogP contribution is 2.22. The number of nitrogens with one attached hydrogen (secondary N) is 1. The van der Waals surface area contributed by atoms with Crippen LogP contribution in [0, 0.1) is 24.2 Å². The van der Waals surface area contributed by atoms with Crippen molar-refractivity contribution in [1.82, 2.24) is 9.97 Å². The van der Waals surface area contributed by atoms with Crippen LogP contribution in [0.3, 0.4) is 0 Å². The average molecular weight is 293 g/mol. The van der Waals surface area contributed by atoms with Crippen molar-refractivity contribution in [3.8, 4) is 6.07 Å². The molecule has 0 amide bonds. The molecule has 2 aromatic rings. The molecule has 1 aliphatic heterocycles. The first-order chi connectivity index (χ1) is 10.7. The number of hydrogen-bond acceptors (Lipinski definition) is 5. The van der Waals surface area contributed by atoms with Gasteiger partial charge in [-0.2, -0.15) is 5.26 Å². The number of pyridine rings is 2. The van der Waals surface area contributed by atoms with E-state index in [2.05, 4.69) is 39.2 Å². The predicted octanol–water partition coefficient (Wildman–Crippen LogP) is 2.60. The average Bonchev–Trinajstić information content (AvgIpc) is 3.02. The Morgan fingerprint density at radius 1 is 1.36 bits per heavy atom. The molecule has 1 fully saturated rings. The van der Waals surface area contributed by atoms with Crippen LogP contribution in [0.5, 0.6) is 0 Å². The molecule has 112 valence electrons. The molecule has 0 bridgehead atoms. The summed E-state index contributed by atoms with van der Waals surface area (Å²) in [5.41, 5.74) is 1.82. The molecule has 1 saturated heterocycles. The lowest BCUT2D eigenvalue weighted by Gasteiger charge is -2.17. The Balaban J connectivity index is 1.54. The van der Waals surface area contributed by atoms with Gasteiger partial charge in [0.25, 0.3) is 0 Å². The van der Waals surface area contributed by atoms with E-state index in [0.29, 0.717) is 11.5 Å². The summed E-state index contributed by atoms with van der Waals surface area (Å²) >= 11 is 0. The van der Waals surface area contributed by atoms with Crippen molar-refractivity contribution in [3.05, 3.63) is 47.8 Å². The first-order valence-corrected chi connectivity index (χ1v) is 7.52. The second-order valence-electron chi connectivity index (χ2n) is 5.72. The zero-order chi connectivity index (χ0) is 15.4. The van der Waals surface area contributed by atoms with Gasteiger partial charge in [0.15, 0.2) is 0 Å². The van der Waals surface area contributed by atoms with Crippen LogP contribution in [0.2, 0.25) is 0 Å². The van der Waals surface area contributed by atoms with Gasteiger partial charge >= 0.3 is 0 Å². The highest BCUT2D eigenvalue weighted by Gasteiger charge is 2.23. The van der Waals surface area contributed by atoms with Gasteiger partial charge in [-0.05, 0) is 49.1 Å². The Kier molecular flexibility index (Phi) is 4.19. The topological polar surface area (TPSA) is 64.8 Å². The molecule has 5 heteroatoms. The molecular weight excluding hydrogens is 274 g/mol. The van der Waals surface area contributed by atoms with Gasteiger partial charge < -0.3 is 10.2 Å². The van der Waals surface area contributed by atoms with Gasteiger partial charge in [-0.25, -0.2) is 9.97 Å². The number of nitrogens with zero attached hydrogens (tertiary/aromatic N) is 4. The van der Waals surface area contributed by atoms with Crippen LogP contribution in [0.15, 0.2) is 36.7 Å². The van der Waals surface area contributed by atoms with Crippen LogP contribution < -0.4 is 10.2 Å². The zero-order valence-corrected chi connectivity index (χ0v) is 12.7. The summed E-state index contributed by atoms with van der Waals surface area (Å²) < 4.78 is 0. The Hall–Kier alpha value is -2.61. The lowest BCUT2D eigenvalue weighted by molar-refractivity contribution is 0.621. The molecule has 1 aliphatic rings. The molecule has 0 aromatic carbocycles. The molecule has 0 aliphatic carbocycles. The van der Waals surface area contributed by atoms with E-state index < -0.39 is 0 Å². The van der Waals surface area contributed by atoms with Gasteiger partial charge in [0.2, 0.25) is 0 Å². The first kappa shape index (κ1) is 14.3.